The molecule has 0 aromatic heterocycles. The third-order valence-electron chi connectivity index (χ3n) is 11.9. The van der Waals surface area contributed by atoms with Gasteiger partial charge in [-0.25, -0.2) is 0 Å². The summed E-state index contributed by atoms with van der Waals surface area (Å²) in [5, 5.41) is 0. The fraction of sp³-hybridized carbons (Fsp3) is 0.925. The number of hydrogen-bond donors (Lipinski definition) is 0. The van der Waals surface area contributed by atoms with E-state index in [0.717, 1.165) is 77.0 Å². The lowest BCUT2D eigenvalue weighted by atomic mass is 9.70. The maximum atomic E-state index is 12.5. The highest BCUT2D eigenvalue weighted by Gasteiger charge is 2.62. The molecule has 5 heteroatoms. The number of carbonyl (C=O) groups excluding carboxylic acids is 3. The van der Waals surface area contributed by atoms with Crippen LogP contribution in [0.3, 0.4) is 0 Å². The fourth-order valence-corrected chi connectivity index (χ4v) is 8.11. The van der Waals surface area contributed by atoms with E-state index < -0.39 is 0 Å². The van der Waals surface area contributed by atoms with E-state index in [1.54, 1.807) is 0 Å². The number of rotatable bonds is 28. The number of carbonyl (C=O) groups is 3. The molecule has 0 radical (unpaired) electrons. The summed E-state index contributed by atoms with van der Waals surface area (Å²) in [4.78, 5) is 36.9. The molecule has 0 saturated heterocycles. The van der Waals surface area contributed by atoms with E-state index in [1.807, 2.05) is 0 Å². The molecule has 3 atom stereocenters. The van der Waals surface area contributed by atoms with Crippen molar-refractivity contribution in [3.05, 3.63) is 0 Å². The van der Waals surface area contributed by atoms with Crippen molar-refractivity contribution in [1.29, 1.82) is 0 Å². The largest absolute Gasteiger partial charge is 0.466 e. The van der Waals surface area contributed by atoms with Crippen molar-refractivity contribution in [2.45, 2.75) is 208 Å². The molecule has 45 heavy (non-hydrogen) atoms. The summed E-state index contributed by atoms with van der Waals surface area (Å²) in [7, 11) is 0. The third kappa shape index (κ3) is 14.5. The molecule has 0 heterocycles. The van der Waals surface area contributed by atoms with Gasteiger partial charge in [-0.05, 0) is 68.6 Å². The van der Waals surface area contributed by atoms with Gasteiger partial charge in [-0.15, -0.1) is 0 Å². The third-order valence-corrected chi connectivity index (χ3v) is 11.9. The number of esters is 2. The monoisotopic (exact) mass is 633 g/mol. The van der Waals surface area contributed by atoms with Crippen molar-refractivity contribution in [3.63, 3.8) is 0 Å². The molecule has 5 nitrogen and oxygen atoms in total. The molecule has 0 N–H and O–H groups in total. The fourth-order valence-electron chi connectivity index (χ4n) is 8.11. The molecule has 0 aromatic rings. The molecule has 2 rings (SSSR count). The molecule has 2 aliphatic carbocycles. The van der Waals surface area contributed by atoms with Gasteiger partial charge in [0, 0.05) is 31.1 Å². The van der Waals surface area contributed by atoms with Crippen LogP contribution in [-0.2, 0) is 23.9 Å². The minimum Gasteiger partial charge on any atom is -0.466 e. The van der Waals surface area contributed by atoms with Crippen LogP contribution in [0.15, 0.2) is 0 Å². The molecule has 2 bridgehead atoms. The number of ketones is 1. The lowest BCUT2D eigenvalue weighted by molar-refractivity contribution is -0.157. The zero-order valence-corrected chi connectivity index (χ0v) is 30.4. The van der Waals surface area contributed by atoms with E-state index in [2.05, 4.69) is 34.6 Å². The van der Waals surface area contributed by atoms with E-state index in [-0.39, 0.29) is 28.9 Å². The zero-order valence-electron chi connectivity index (χ0n) is 30.4. The quantitative estimate of drug-likeness (QED) is 0.0634. The summed E-state index contributed by atoms with van der Waals surface area (Å²) in [5.74, 6) is 1.72. The first-order valence-corrected chi connectivity index (χ1v) is 19.5. The Kier molecular flexibility index (Phi) is 19.7. The van der Waals surface area contributed by atoms with Crippen molar-refractivity contribution < 1.29 is 23.9 Å². The van der Waals surface area contributed by atoms with E-state index in [1.165, 1.54) is 64.2 Å². The number of ether oxygens (including phenoxy) is 2. The van der Waals surface area contributed by atoms with E-state index in [0.29, 0.717) is 49.9 Å². The summed E-state index contributed by atoms with van der Waals surface area (Å²) in [6, 6.07) is 0. The normalized spacial score (nSPS) is 21.8. The Balaban J connectivity index is 1.37. The van der Waals surface area contributed by atoms with E-state index in [9.17, 15) is 14.4 Å². The molecular formula is C40H72O5. The summed E-state index contributed by atoms with van der Waals surface area (Å²) < 4.78 is 11.5. The lowest BCUT2D eigenvalue weighted by Crippen LogP contribution is -2.38. The summed E-state index contributed by atoms with van der Waals surface area (Å²) in [6.07, 6.45) is 27.3. The molecular weight excluding hydrogens is 560 g/mol. The SMILES string of the molecule is CCCCCC(CCCCC)CCOC(=O)CCCCCCCC(=O)CCCCCCCC(=O)OC1CC2CCC1(C)C2(C)C. The van der Waals surface area contributed by atoms with Gasteiger partial charge in [0.2, 0.25) is 0 Å². The van der Waals surface area contributed by atoms with Crippen molar-refractivity contribution in [1.82, 2.24) is 0 Å². The van der Waals surface area contributed by atoms with Gasteiger partial charge in [0.1, 0.15) is 11.9 Å². The van der Waals surface area contributed by atoms with Crippen LogP contribution in [0.2, 0.25) is 0 Å². The summed E-state index contributed by atoms with van der Waals surface area (Å²) in [6.45, 7) is 12.1. The minimum atomic E-state index is -0.0415. The van der Waals surface area contributed by atoms with Crippen molar-refractivity contribution in [2.24, 2.45) is 22.7 Å². The highest BCUT2D eigenvalue weighted by atomic mass is 16.5. The molecule has 2 fully saturated rings. The Morgan fingerprint density at radius 1 is 0.644 bits per heavy atom. The first kappa shape index (κ1) is 39.8. The molecule has 0 amide bonds. The second-order valence-corrected chi connectivity index (χ2v) is 15.5. The van der Waals surface area contributed by atoms with Crippen molar-refractivity contribution in [3.8, 4) is 0 Å². The van der Waals surface area contributed by atoms with Crippen LogP contribution < -0.4 is 0 Å². The molecule has 2 saturated carbocycles. The van der Waals surface area contributed by atoms with Crippen molar-refractivity contribution in [2.75, 3.05) is 6.61 Å². The Labute approximate surface area is 278 Å². The van der Waals surface area contributed by atoms with Crippen LogP contribution in [0.4, 0.5) is 0 Å². The second-order valence-electron chi connectivity index (χ2n) is 15.5. The predicted molar refractivity (Wildman–Crippen MR) is 186 cm³/mol. The van der Waals surface area contributed by atoms with Crippen LogP contribution in [0.5, 0.6) is 0 Å². The van der Waals surface area contributed by atoms with Crippen LogP contribution in [0.25, 0.3) is 0 Å². The van der Waals surface area contributed by atoms with E-state index >= 15 is 0 Å². The van der Waals surface area contributed by atoms with Crippen LogP contribution >= 0.6 is 0 Å². The Bertz CT molecular complexity index is 825. The average Bonchev–Trinajstić information content (AvgIpc) is 3.33. The standard InChI is InChI=1S/C40H72O5/c1-6-8-16-22-33(23-17-9-7-2)29-31-44-37(42)26-20-14-10-12-18-24-35(41)25-19-13-11-15-21-27-38(43)45-36-32-34-28-30-40(36,5)39(34,3)4/h33-34,36H,6-32H2,1-5H3. The topological polar surface area (TPSA) is 69.7 Å². The second kappa shape index (κ2) is 22.2. The van der Waals surface area contributed by atoms with Gasteiger partial charge in [-0.1, -0.05) is 125 Å². The average molecular weight is 633 g/mol. The van der Waals surface area contributed by atoms with Gasteiger partial charge in [0.05, 0.1) is 6.61 Å². The highest BCUT2D eigenvalue weighted by molar-refractivity contribution is 5.78. The Hall–Kier alpha value is -1.39. The zero-order chi connectivity index (χ0) is 33.0. The van der Waals surface area contributed by atoms with Crippen LogP contribution in [-0.4, -0.2) is 30.4 Å². The Morgan fingerprint density at radius 2 is 1.16 bits per heavy atom. The smallest absolute Gasteiger partial charge is 0.306 e. The first-order valence-electron chi connectivity index (χ1n) is 19.5. The number of fused-ring (bicyclic) bond motifs is 2. The lowest BCUT2D eigenvalue weighted by Gasteiger charge is -2.38. The predicted octanol–water partition coefficient (Wildman–Crippen LogP) is 11.5. The molecule has 0 aliphatic heterocycles. The van der Waals surface area contributed by atoms with Gasteiger partial charge >= 0.3 is 11.9 Å². The molecule has 0 aromatic carbocycles. The van der Waals surface area contributed by atoms with Gasteiger partial charge in [0.25, 0.3) is 0 Å². The van der Waals surface area contributed by atoms with Crippen LogP contribution in [0, 0.1) is 22.7 Å². The van der Waals surface area contributed by atoms with Crippen molar-refractivity contribution >= 4 is 17.7 Å². The number of Topliss-reactive ketones (excluding diaryl/α,β-unsaturated/α-hetero) is 1. The van der Waals surface area contributed by atoms with Gasteiger partial charge < -0.3 is 9.47 Å². The van der Waals surface area contributed by atoms with Gasteiger partial charge in [0.15, 0.2) is 0 Å². The number of unbranched alkanes of at least 4 members (excludes halogenated alkanes) is 12. The van der Waals surface area contributed by atoms with E-state index in [4.69, 9.17) is 9.47 Å². The van der Waals surface area contributed by atoms with Gasteiger partial charge in [-0.3, -0.25) is 14.4 Å². The Morgan fingerprint density at radius 3 is 1.64 bits per heavy atom. The summed E-state index contributed by atoms with van der Waals surface area (Å²) in [5.41, 5.74) is 0.414. The van der Waals surface area contributed by atoms with Crippen LogP contribution in [0.1, 0.15) is 202 Å². The molecule has 3 unspecified atom stereocenters. The summed E-state index contributed by atoms with van der Waals surface area (Å²) >= 11 is 0. The minimum absolute atomic E-state index is 0.0191. The van der Waals surface area contributed by atoms with Gasteiger partial charge in [-0.2, -0.15) is 0 Å². The molecule has 262 valence electrons. The maximum Gasteiger partial charge on any atom is 0.306 e. The first-order chi connectivity index (χ1) is 21.6. The number of hydrogen-bond acceptors (Lipinski definition) is 5. The molecule has 0 spiro atoms. The highest BCUT2D eigenvalue weighted by Crippen LogP contribution is 2.66. The molecule has 2 aliphatic rings. The maximum absolute atomic E-state index is 12.5.